The van der Waals surface area contributed by atoms with Gasteiger partial charge in [0, 0.05) is 19.6 Å². The van der Waals surface area contributed by atoms with Crippen LogP contribution in [0.4, 0.5) is 0 Å². The summed E-state index contributed by atoms with van der Waals surface area (Å²) in [6.07, 6.45) is -0.0240. The molecule has 0 saturated heterocycles. The van der Waals surface area contributed by atoms with Crippen LogP contribution in [0.3, 0.4) is 0 Å². The number of amides is 1. The van der Waals surface area contributed by atoms with Crippen molar-refractivity contribution in [3.05, 3.63) is 35.9 Å². The van der Waals surface area contributed by atoms with Crippen LogP contribution < -0.4 is 5.32 Å². The molecule has 0 radical (unpaired) electrons. The maximum Gasteiger partial charge on any atom is 0.321 e. The van der Waals surface area contributed by atoms with Crippen molar-refractivity contribution in [2.24, 2.45) is 0 Å². The molecule has 1 atom stereocenters. The molecule has 5 nitrogen and oxygen atoms in total. The molecule has 0 saturated carbocycles. The largest absolute Gasteiger partial charge is 0.480 e. The number of carboxylic acid groups (broad SMARTS) is 1. The Morgan fingerprint density at radius 3 is 2.30 bits per heavy atom. The minimum Gasteiger partial charge on any atom is -0.480 e. The van der Waals surface area contributed by atoms with Crippen LogP contribution in [0.5, 0.6) is 0 Å². The summed E-state index contributed by atoms with van der Waals surface area (Å²) >= 11 is 0. The SMILES string of the molecule is CCN(CC)C(=O)CC(NCc1ccccc1)C(=O)O. The standard InChI is InChI=1S/C15H22N2O3/c1-3-17(4-2)14(18)10-13(15(19)20)16-11-12-8-6-5-7-9-12/h5-9,13,16H,3-4,10-11H2,1-2H3,(H,19,20). The number of carbonyl (C=O) groups excluding carboxylic acids is 1. The highest BCUT2D eigenvalue weighted by Gasteiger charge is 2.22. The fraction of sp³-hybridized carbons (Fsp3) is 0.467. The Labute approximate surface area is 119 Å². The third kappa shape index (κ3) is 5.01. The minimum absolute atomic E-state index is 0.0240. The second-order valence-corrected chi connectivity index (χ2v) is 4.53. The molecule has 0 bridgehead atoms. The molecule has 5 heteroatoms. The molecule has 0 spiro atoms. The normalized spacial score (nSPS) is 11.9. The van der Waals surface area contributed by atoms with Gasteiger partial charge in [0.2, 0.25) is 5.91 Å². The lowest BCUT2D eigenvalue weighted by Gasteiger charge is -2.21. The molecule has 0 aliphatic rings. The fourth-order valence-corrected chi connectivity index (χ4v) is 1.96. The van der Waals surface area contributed by atoms with Gasteiger partial charge in [0.15, 0.2) is 0 Å². The van der Waals surface area contributed by atoms with Crippen molar-refractivity contribution < 1.29 is 14.7 Å². The van der Waals surface area contributed by atoms with E-state index in [0.29, 0.717) is 19.6 Å². The average molecular weight is 278 g/mol. The summed E-state index contributed by atoms with van der Waals surface area (Å²) in [6, 6.07) is 8.67. The predicted molar refractivity (Wildman–Crippen MR) is 77.3 cm³/mol. The van der Waals surface area contributed by atoms with Crippen LogP contribution in [0.1, 0.15) is 25.8 Å². The number of aliphatic carboxylic acids is 1. The van der Waals surface area contributed by atoms with Gasteiger partial charge in [0.05, 0.1) is 6.42 Å². The Morgan fingerprint density at radius 2 is 1.80 bits per heavy atom. The first-order chi connectivity index (χ1) is 9.58. The van der Waals surface area contributed by atoms with Gasteiger partial charge in [-0.15, -0.1) is 0 Å². The number of hydrogen-bond donors (Lipinski definition) is 2. The van der Waals surface area contributed by atoms with E-state index in [2.05, 4.69) is 5.32 Å². The molecule has 0 heterocycles. The van der Waals surface area contributed by atoms with E-state index in [0.717, 1.165) is 5.56 Å². The quantitative estimate of drug-likeness (QED) is 0.756. The first-order valence-electron chi connectivity index (χ1n) is 6.86. The number of rotatable bonds is 8. The van der Waals surface area contributed by atoms with E-state index in [1.165, 1.54) is 0 Å². The summed E-state index contributed by atoms with van der Waals surface area (Å²) in [5.41, 5.74) is 0.994. The van der Waals surface area contributed by atoms with E-state index in [9.17, 15) is 14.7 Å². The molecule has 1 rings (SSSR count). The summed E-state index contributed by atoms with van der Waals surface area (Å²) in [5, 5.41) is 12.1. The lowest BCUT2D eigenvalue weighted by atomic mass is 10.1. The van der Waals surface area contributed by atoms with Gasteiger partial charge in [-0.2, -0.15) is 0 Å². The Bertz CT molecular complexity index is 430. The predicted octanol–water partition coefficient (Wildman–Crippen LogP) is 1.49. The van der Waals surface area contributed by atoms with E-state index in [1.807, 2.05) is 44.2 Å². The van der Waals surface area contributed by atoms with E-state index in [-0.39, 0.29) is 12.3 Å². The second kappa shape index (κ2) is 8.32. The molecule has 1 aromatic carbocycles. The lowest BCUT2D eigenvalue weighted by Crippen LogP contribution is -2.42. The van der Waals surface area contributed by atoms with Crippen LogP contribution in [-0.2, 0) is 16.1 Å². The number of carboxylic acids is 1. The Balaban J connectivity index is 2.57. The Kier molecular flexibility index (Phi) is 6.73. The number of carbonyl (C=O) groups is 2. The van der Waals surface area contributed by atoms with Gasteiger partial charge < -0.3 is 10.0 Å². The highest BCUT2D eigenvalue weighted by Crippen LogP contribution is 2.03. The van der Waals surface area contributed by atoms with Crippen molar-refractivity contribution in [1.82, 2.24) is 10.2 Å². The van der Waals surface area contributed by atoms with Crippen molar-refractivity contribution >= 4 is 11.9 Å². The number of benzene rings is 1. The first-order valence-corrected chi connectivity index (χ1v) is 6.86. The van der Waals surface area contributed by atoms with Gasteiger partial charge in [-0.25, -0.2) is 0 Å². The van der Waals surface area contributed by atoms with Crippen molar-refractivity contribution in [2.45, 2.75) is 32.9 Å². The first kappa shape index (κ1) is 16.2. The second-order valence-electron chi connectivity index (χ2n) is 4.53. The molecule has 20 heavy (non-hydrogen) atoms. The molecule has 0 fully saturated rings. The van der Waals surface area contributed by atoms with Crippen molar-refractivity contribution in [3.63, 3.8) is 0 Å². The zero-order valence-electron chi connectivity index (χ0n) is 12.0. The molecule has 0 aromatic heterocycles. The van der Waals surface area contributed by atoms with Crippen LogP contribution in [0.15, 0.2) is 30.3 Å². The minimum atomic E-state index is -0.999. The van der Waals surface area contributed by atoms with E-state index >= 15 is 0 Å². The number of hydrogen-bond acceptors (Lipinski definition) is 3. The lowest BCUT2D eigenvalue weighted by molar-refractivity contribution is -0.143. The van der Waals surface area contributed by atoms with Gasteiger partial charge in [0.25, 0.3) is 0 Å². The highest BCUT2D eigenvalue weighted by atomic mass is 16.4. The molecule has 110 valence electrons. The topological polar surface area (TPSA) is 69.6 Å². The van der Waals surface area contributed by atoms with Gasteiger partial charge in [0.1, 0.15) is 6.04 Å². The molecular weight excluding hydrogens is 256 g/mol. The smallest absolute Gasteiger partial charge is 0.321 e. The Hall–Kier alpha value is -1.88. The maximum absolute atomic E-state index is 12.0. The number of nitrogens with zero attached hydrogens (tertiary/aromatic N) is 1. The zero-order chi connectivity index (χ0) is 15.0. The molecule has 1 unspecified atom stereocenters. The molecule has 0 aliphatic carbocycles. The van der Waals surface area contributed by atoms with E-state index in [4.69, 9.17) is 0 Å². The molecule has 2 N–H and O–H groups in total. The van der Waals surface area contributed by atoms with Crippen LogP contribution in [0.2, 0.25) is 0 Å². The van der Waals surface area contributed by atoms with Crippen LogP contribution in [-0.4, -0.2) is 41.0 Å². The molecule has 1 amide bonds. The third-order valence-electron chi connectivity index (χ3n) is 3.19. The van der Waals surface area contributed by atoms with E-state index in [1.54, 1.807) is 4.90 Å². The molecular formula is C15H22N2O3. The van der Waals surface area contributed by atoms with Gasteiger partial charge >= 0.3 is 5.97 Å². The fourth-order valence-electron chi connectivity index (χ4n) is 1.96. The summed E-state index contributed by atoms with van der Waals surface area (Å²) in [6.45, 7) is 5.40. The van der Waals surface area contributed by atoms with Crippen molar-refractivity contribution in [2.75, 3.05) is 13.1 Å². The van der Waals surface area contributed by atoms with Gasteiger partial charge in [-0.05, 0) is 19.4 Å². The maximum atomic E-state index is 12.0. The third-order valence-corrected chi connectivity index (χ3v) is 3.19. The van der Waals surface area contributed by atoms with Crippen molar-refractivity contribution in [3.8, 4) is 0 Å². The summed E-state index contributed by atoms with van der Waals surface area (Å²) in [5.74, 6) is -1.13. The van der Waals surface area contributed by atoms with Crippen LogP contribution >= 0.6 is 0 Å². The monoisotopic (exact) mass is 278 g/mol. The summed E-state index contributed by atoms with van der Waals surface area (Å²) in [7, 11) is 0. The van der Waals surface area contributed by atoms with Gasteiger partial charge in [-0.3, -0.25) is 14.9 Å². The van der Waals surface area contributed by atoms with Crippen LogP contribution in [0.25, 0.3) is 0 Å². The molecule has 1 aromatic rings. The highest BCUT2D eigenvalue weighted by molar-refractivity contribution is 5.84. The van der Waals surface area contributed by atoms with Gasteiger partial charge in [-0.1, -0.05) is 30.3 Å². The number of nitrogens with one attached hydrogen (secondary N) is 1. The average Bonchev–Trinajstić information content (AvgIpc) is 2.45. The van der Waals surface area contributed by atoms with Crippen LogP contribution in [0, 0.1) is 0 Å². The van der Waals surface area contributed by atoms with E-state index < -0.39 is 12.0 Å². The van der Waals surface area contributed by atoms with Crippen molar-refractivity contribution in [1.29, 1.82) is 0 Å². The molecule has 0 aliphatic heterocycles. The summed E-state index contributed by atoms with van der Waals surface area (Å²) in [4.78, 5) is 24.8. The Morgan fingerprint density at radius 1 is 1.20 bits per heavy atom. The zero-order valence-corrected chi connectivity index (χ0v) is 12.0. The summed E-state index contributed by atoms with van der Waals surface area (Å²) < 4.78 is 0.